The molecular weight excluding hydrogens is 234 g/mol. The third-order valence-corrected chi connectivity index (χ3v) is 1.66. The molecule has 70 valence electrons. The molecule has 0 aliphatic heterocycles. The summed E-state index contributed by atoms with van der Waals surface area (Å²) in [4.78, 5) is 11.3. The van der Waals surface area contributed by atoms with Crippen LogP contribution in [-0.4, -0.2) is 22.6 Å². The number of nitrogens with one attached hydrogen (secondary N) is 2. The van der Waals surface area contributed by atoms with Crippen LogP contribution >= 0.6 is 15.9 Å². The van der Waals surface area contributed by atoms with Gasteiger partial charge in [-0.15, -0.1) is 0 Å². The minimum Gasteiger partial charge on any atom is -0.346 e. The van der Waals surface area contributed by atoms with E-state index in [2.05, 4.69) is 38.0 Å². The van der Waals surface area contributed by atoms with E-state index in [1.807, 2.05) is 6.92 Å². The molecule has 0 spiro atoms. The summed E-state index contributed by atoms with van der Waals surface area (Å²) in [5, 5.41) is 9.15. The van der Waals surface area contributed by atoms with E-state index in [1.54, 1.807) is 6.07 Å². The number of aromatic amines is 1. The summed E-state index contributed by atoms with van der Waals surface area (Å²) in [5.74, 6) is -0.204. The first-order valence-corrected chi connectivity index (χ1v) is 4.52. The minimum absolute atomic E-state index is 0.204. The van der Waals surface area contributed by atoms with Gasteiger partial charge in [-0.1, -0.05) is 22.5 Å². The van der Waals surface area contributed by atoms with Crippen molar-refractivity contribution < 1.29 is 4.79 Å². The van der Waals surface area contributed by atoms with Crippen molar-refractivity contribution in [1.29, 1.82) is 0 Å². The van der Waals surface area contributed by atoms with Crippen LogP contribution in [-0.2, 0) is 0 Å². The molecule has 0 fully saturated rings. The van der Waals surface area contributed by atoms with Crippen LogP contribution in [0, 0.1) is 6.92 Å². The van der Waals surface area contributed by atoms with E-state index >= 15 is 0 Å². The molecule has 2 N–H and O–H groups in total. The second-order valence-electron chi connectivity index (χ2n) is 2.64. The Bertz CT molecular complexity index is 332. The van der Waals surface area contributed by atoms with Gasteiger partial charge in [-0.3, -0.25) is 9.89 Å². The molecule has 1 aromatic rings. The molecule has 1 aromatic heterocycles. The molecule has 0 saturated carbocycles. The molecule has 13 heavy (non-hydrogen) atoms. The van der Waals surface area contributed by atoms with E-state index < -0.39 is 0 Å². The first-order valence-electron chi connectivity index (χ1n) is 3.73. The Kier molecular flexibility index (Phi) is 3.25. The van der Waals surface area contributed by atoms with Crippen molar-refractivity contribution in [2.45, 2.75) is 6.92 Å². The minimum atomic E-state index is -0.204. The Hall–Kier alpha value is -1.10. The third kappa shape index (κ3) is 3.02. The van der Waals surface area contributed by atoms with Gasteiger partial charge >= 0.3 is 0 Å². The number of hydrogen-bond acceptors (Lipinski definition) is 2. The van der Waals surface area contributed by atoms with Gasteiger partial charge in [0.2, 0.25) is 0 Å². The molecule has 0 atom stereocenters. The number of hydrogen-bond donors (Lipinski definition) is 2. The lowest BCUT2D eigenvalue weighted by molar-refractivity contribution is 0.0953. The summed E-state index contributed by atoms with van der Waals surface area (Å²) in [6.45, 7) is 5.85. The lowest BCUT2D eigenvalue weighted by Gasteiger charge is -1.99. The number of halogens is 1. The number of aryl methyl sites for hydroxylation is 1. The molecule has 0 aliphatic carbocycles. The standard InChI is InChI=1S/C8H10BrN3O/c1-5(9)4-10-8(13)7-3-6(2)11-12-7/h3H,1,4H2,2H3,(H,10,13)(H,11,12). The quantitative estimate of drug-likeness (QED) is 0.843. The van der Waals surface area contributed by atoms with Gasteiger partial charge in [0, 0.05) is 16.7 Å². The summed E-state index contributed by atoms with van der Waals surface area (Å²) in [5.41, 5.74) is 1.26. The fraction of sp³-hybridized carbons (Fsp3) is 0.250. The van der Waals surface area contributed by atoms with E-state index in [9.17, 15) is 4.79 Å². The van der Waals surface area contributed by atoms with Gasteiger partial charge in [-0.05, 0) is 13.0 Å². The van der Waals surface area contributed by atoms with Crippen LogP contribution in [0.4, 0.5) is 0 Å². The van der Waals surface area contributed by atoms with E-state index in [0.29, 0.717) is 12.2 Å². The lowest BCUT2D eigenvalue weighted by atomic mass is 10.3. The van der Waals surface area contributed by atoms with E-state index in [-0.39, 0.29) is 5.91 Å². The van der Waals surface area contributed by atoms with Gasteiger partial charge in [-0.25, -0.2) is 0 Å². The fourth-order valence-corrected chi connectivity index (χ4v) is 0.941. The van der Waals surface area contributed by atoms with Gasteiger partial charge in [0.05, 0.1) is 0 Å². The number of nitrogens with zero attached hydrogens (tertiary/aromatic N) is 1. The molecule has 5 heteroatoms. The van der Waals surface area contributed by atoms with Gasteiger partial charge in [0.25, 0.3) is 5.91 Å². The first-order chi connectivity index (χ1) is 6.09. The maximum absolute atomic E-state index is 11.3. The van der Waals surface area contributed by atoms with Gasteiger partial charge in [0.1, 0.15) is 5.69 Å². The van der Waals surface area contributed by atoms with Crippen LogP contribution in [0.1, 0.15) is 16.2 Å². The van der Waals surface area contributed by atoms with Crippen molar-refractivity contribution >= 4 is 21.8 Å². The smallest absolute Gasteiger partial charge is 0.272 e. The molecule has 1 rings (SSSR count). The van der Waals surface area contributed by atoms with Gasteiger partial charge < -0.3 is 5.32 Å². The van der Waals surface area contributed by atoms with E-state index in [4.69, 9.17) is 0 Å². The molecule has 1 amide bonds. The highest BCUT2D eigenvalue weighted by atomic mass is 79.9. The van der Waals surface area contributed by atoms with Crippen LogP contribution in [0.5, 0.6) is 0 Å². The van der Waals surface area contributed by atoms with Crippen LogP contribution in [0.3, 0.4) is 0 Å². The van der Waals surface area contributed by atoms with Crippen LogP contribution in [0.25, 0.3) is 0 Å². The third-order valence-electron chi connectivity index (χ3n) is 1.38. The molecule has 0 saturated heterocycles. The summed E-state index contributed by atoms with van der Waals surface area (Å²) >= 11 is 3.14. The molecule has 1 heterocycles. The monoisotopic (exact) mass is 243 g/mol. The summed E-state index contributed by atoms with van der Waals surface area (Å²) < 4.78 is 0.730. The molecular formula is C8H10BrN3O. The Labute approximate surface area is 84.5 Å². The Morgan fingerprint density at radius 3 is 3.00 bits per heavy atom. The summed E-state index contributed by atoms with van der Waals surface area (Å²) in [6, 6.07) is 1.69. The average Bonchev–Trinajstić information content (AvgIpc) is 2.47. The SMILES string of the molecule is C=C(Br)CNC(=O)c1cc(C)[nH]n1. The predicted molar refractivity (Wildman–Crippen MR) is 53.7 cm³/mol. The number of rotatable bonds is 3. The Balaban J connectivity index is 2.54. The van der Waals surface area contributed by atoms with Crippen molar-refractivity contribution in [3.63, 3.8) is 0 Å². The number of amides is 1. The van der Waals surface area contributed by atoms with Crippen molar-refractivity contribution in [1.82, 2.24) is 15.5 Å². The topological polar surface area (TPSA) is 57.8 Å². The van der Waals surface area contributed by atoms with E-state index in [0.717, 1.165) is 10.2 Å². The molecule has 0 unspecified atom stereocenters. The normalized spacial score (nSPS) is 9.69. The highest BCUT2D eigenvalue weighted by molar-refractivity contribution is 9.11. The Morgan fingerprint density at radius 1 is 1.85 bits per heavy atom. The lowest BCUT2D eigenvalue weighted by Crippen LogP contribution is -2.24. The molecule has 0 aromatic carbocycles. The number of H-pyrrole nitrogens is 1. The van der Waals surface area contributed by atoms with Crippen molar-refractivity contribution in [2.24, 2.45) is 0 Å². The summed E-state index contributed by atoms with van der Waals surface area (Å²) in [7, 11) is 0. The number of carbonyl (C=O) groups excluding carboxylic acids is 1. The number of aromatic nitrogens is 2. The largest absolute Gasteiger partial charge is 0.346 e. The zero-order valence-corrected chi connectivity index (χ0v) is 8.81. The van der Waals surface area contributed by atoms with Crippen LogP contribution < -0.4 is 5.32 Å². The highest BCUT2D eigenvalue weighted by Crippen LogP contribution is 2.00. The average molecular weight is 244 g/mol. The van der Waals surface area contributed by atoms with Crippen molar-refractivity contribution in [2.75, 3.05) is 6.54 Å². The maximum atomic E-state index is 11.3. The Morgan fingerprint density at radius 2 is 2.54 bits per heavy atom. The first kappa shape index (κ1) is 9.98. The van der Waals surface area contributed by atoms with Crippen molar-refractivity contribution in [3.8, 4) is 0 Å². The second-order valence-corrected chi connectivity index (χ2v) is 3.76. The molecule has 4 nitrogen and oxygen atoms in total. The number of carbonyl (C=O) groups is 1. The molecule has 0 aliphatic rings. The van der Waals surface area contributed by atoms with E-state index in [1.165, 1.54) is 0 Å². The van der Waals surface area contributed by atoms with Crippen molar-refractivity contribution in [3.05, 3.63) is 28.5 Å². The molecule has 0 bridgehead atoms. The van der Waals surface area contributed by atoms with Crippen LogP contribution in [0.2, 0.25) is 0 Å². The predicted octanol–water partition coefficient (Wildman–Crippen LogP) is 1.36. The zero-order valence-electron chi connectivity index (χ0n) is 7.22. The molecule has 0 radical (unpaired) electrons. The van der Waals surface area contributed by atoms with Crippen LogP contribution in [0.15, 0.2) is 17.1 Å². The zero-order chi connectivity index (χ0) is 9.84. The maximum Gasteiger partial charge on any atom is 0.272 e. The summed E-state index contributed by atoms with van der Waals surface area (Å²) in [6.07, 6.45) is 0. The van der Waals surface area contributed by atoms with Gasteiger partial charge in [-0.2, -0.15) is 5.10 Å². The van der Waals surface area contributed by atoms with Gasteiger partial charge in [0.15, 0.2) is 0 Å². The second kappa shape index (κ2) is 4.23. The highest BCUT2D eigenvalue weighted by Gasteiger charge is 2.07. The fourth-order valence-electron chi connectivity index (χ4n) is 0.801.